The summed E-state index contributed by atoms with van der Waals surface area (Å²) in [7, 11) is 0. The lowest BCUT2D eigenvalue weighted by atomic mass is 9.96. The number of rotatable bonds is 4. The van der Waals surface area contributed by atoms with Crippen LogP contribution in [0.2, 0.25) is 0 Å². The van der Waals surface area contributed by atoms with Crippen molar-refractivity contribution in [3.05, 3.63) is 0 Å². The molecule has 0 heterocycles. The Hall–Kier alpha value is -1.04. The number of nitriles is 1. The first kappa shape index (κ1) is 13.5. The van der Waals surface area contributed by atoms with Crippen molar-refractivity contribution in [2.24, 2.45) is 11.8 Å². The summed E-state index contributed by atoms with van der Waals surface area (Å²) in [6, 6.07) is 0. The van der Waals surface area contributed by atoms with Gasteiger partial charge in [-0.15, -0.1) is 0 Å². The normalized spacial score (nSPS) is 11.5. The Labute approximate surface area is 74.0 Å². The van der Waals surface area contributed by atoms with E-state index < -0.39 is 5.97 Å². The summed E-state index contributed by atoms with van der Waals surface area (Å²) >= 11 is 0. The van der Waals surface area contributed by atoms with Crippen LogP contribution in [-0.4, -0.2) is 11.1 Å². The van der Waals surface area contributed by atoms with Crippen LogP contribution >= 0.6 is 0 Å². The zero-order valence-corrected chi connectivity index (χ0v) is 7.95. The van der Waals surface area contributed by atoms with Gasteiger partial charge in [-0.2, -0.15) is 0 Å². The number of carboxylic acids is 1. The molecule has 0 fully saturated rings. The molecule has 0 saturated heterocycles. The van der Waals surface area contributed by atoms with E-state index in [0.29, 0.717) is 18.3 Å². The van der Waals surface area contributed by atoms with Crippen molar-refractivity contribution < 1.29 is 9.90 Å². The minimum Gasteiger partial charge on any atom is -0.481 e. The third kappa shape index (κ3) is 11.7. The predicted molar refractivity (Wildman–Crippen MR) is 47.5 cm³/mol. The third-order valence-electron chi connectivity index (χ3n) is 1.40. The Kier molecular flexibility index (Phi) is 9.10. The van der Waals surface area contributed by atoms with Gasteiger partial charge in [0.15, 0.2) is 0 Å². The quantitative estimate of drug-likeness (QED) is 0.705. The molecule has 0 rings (SSSR count). The Morgan fingerprint density at radius 3 is 2.08 bits per heavy atom. The summed E-state index contributed by atoms with van der Waals surface area (Å²) < 4.78 is 0. The Morgan fingerprint density at radius 2 is 1.83 bits per heavy atom. The van der Waals surface area contributed by atoms with E-state index in [1.807, 2.05) is 6.92 Å². The second-order valence-corrected chi connectivity index (χ2v) is 3.33. The van der Waals surface area contributed by atoms with Gasteiger partial charge in [0.1, 0.15) is 0 Å². The van der Waals surface area contributed by atoms with Crippen LogP contribution in [0.15, 0.2) is 0 Å². The van der Waals surface area contributed by atoms with E-state index in [0.717, 1.165) is 6.42 Å². The Morgan fingerprint density at radius 1 is 1.42 bits per heavy atom. The molecule has 0 spiro atoms. The first-order valence-electron chi connectivity index (χ1n) is 4.00. The lowest BCUT2D eigenvalue weighted by molar-refractivity contribution is -0.138. The zero-order valence-electron chi connectivity index (χ0n) is 7.95. The summed E-state index contributed by atoms with van der Waals surface area (Å²) in [5.74, 6) is 0.236. The largest absolute Gasteiger partial charge is 0.481 e. The number of nitrogens with zero attached hydrogens (tertiary/aromatic N) is 1. The van der Waals surface area contributed by atoms with Gasteiger partial charge in [0.2, 0.25) is 0 Å². The van der Waals surface area contributed by atoms with Crippen molar-refractivity contribution in [1.82, 2.24) is 0 Å². The van der Waals surface area contributed by atoms with Crippen LogP contribution in [-0.2, 0) is 4.79 Å². The average molecular weight is 171 g/mol. The van der Waals surface area contributed by atoms with Gasteiger partial charge in [0.25, 0.3) is 0 Å². The van der Waals surface area contributed by atoms with Crippen molar-refractivity contribution in [2.45, 2.75) is 33.6 Å². The summed E-state index contributed by atoms with van der Waals surface area (Å²) in [5.41, 5.74) is 0. The fourth-order valence-electron chi connectivity index (χ4n) is 1.19. The van der Waals surface area contributed by atoms with E-state index in [1.165, 1.54) is 0 Å². The van der Waals surface area contributed by atoms with Crippen LogP contribution in [0.5, 0.6) is 0 Å². The monoisotopic (exact) mass is 171 g/mol. The van der Waals surface area contributed by atoms with E-state index in [1.54, 1.807) is 0 Å². The maximum absolute atomic E-state index is 10.2. The summed E-state index contributed by atoms with van der Waals surface area (Å²) in [6.07, 6.45) is 1.31. The minimum atomic E-state index is -0.687. The van der Waals surface area contributed by atoms with E-state index in [9.17, 15) is 4.79 Å². The van der Waals surface area contributed by atoms with Crippen molar-refractivity contribution in [2.75, 3.05) is 0 Å². The maximum Gasteiger partial charge on any atom is 0.303 e. The molecule has 3 heteroatoms. The standard InChI is InChI=1S/C8H16O2.CHN/c1-6(2)4-7(3)5-8(9)10;1-2/h6-7H,4-5H2,1-3H3,(H,9,10);1H. The predicted octanol–water partition coefficient (Wildman–Crippen LogP) is 2.28. The van der Waals surface area contributed by atoms with Crippen LogP contribution in [0, 0.1) is 23.7 Å². The van der Waals surface area contributed by atoms with Crippen LogP contribution < -0.4 is 0 Å². The third-order valence-corrected chi connectivity index (χ3v) is 1.40. The van der Waals surface area contributed by atoms with Crippen LogP contribution in [0.1, 0.15) is 33.6 Å². The molecule has 1 unspecified atom stereocenters. The van der Waals surface area contributed by atoms with Crippen molar-refractivity contribution >= 4 is 5.97 Å². The van der Waals surface area contributed by atoms with Gasteiger partial charge in [-0.3, -0.25) is 4.79 Å². The highest BCUT2D eigenvalue weighted by Crippen LogP contribution is 2.13. The SMILES string of the molecule is C#N.CC(C)CC(C)CC(=O)O. The second-order valence-electron chi connectivity index (χ2n) is 3.33. The van der Waals surface area contributed by atoms with E-state index in [2.05, 4.69) is 20.4 Å². The molecule has 0 aromatic carbocycles. The molecule has 0 amide bonds. The fourth-order valence-corrected chi connectivity index (χ4v) is 1.19. The summed E-state index contributed by atoms with van der Waals surface area (Å²) in [4.78, 5) is 10.2. The van der Waals surface area contributed by atoms with Crippen molar-refractivity contribution in [3.63, 3.8) is 0 Å². The lowest BCUT2D eigenvalue weighted by Gasteiger charge is -2.10. The first-order valence-corrected chi connectivity index (χ1v) is 4.00. The molecule has 3 nitrogen and oxygen atoms in total. The number of aliphatic carboxylic acids is 1. The Bertz CT molecular complexity index is 141. The molecule has 0 aliphatic heterocycles. The number of hydrogen-bond donors (Lipinski definition) is 1. The van der Waals surface area contributed by atoms with Crippen LogP contribution in [0.4, 0.5) is 0 Å². The molecule has 12 heavy (non-hydrogen) atoms. The topological polar surface area (TPSA) is 61.1 Å². The molecule has 0 aliphatic rings. The highest BCUT2D eigenvalue weighted by molar-refractivity contribution is 5.66. The van der Waals surface area contributed by atoms with Gasteiger partial charge in [-0.25, -0.2) is 5.26 Å². The lowest BCUT2D eigenvalue weighted by Crippen LogP contribution is -2.06. The molecule has 0 aromatic rings. The van der Waals surface area contributed by atoms with Gasteiger partial charge in [0.05, 0.1) is 0 Å². The molecule has 1 atom stereocenters. The minimum absolute atomic E-state index is 0.304. The molecular weight excluding hydrogens is 154 g/mol. The molecule has 1 N–H and O–H groups in total. The van der Waals surface area contributed by atoms with Crippen LogP contribution in [0.25, 0.3) is 0 Å². The zero-order chi connectivity index (χ0) is 10.1. The van der Waals surface area contributed by atoms with Crippen molar-refractivity contribution in [3.8, 4) is 6.57 Å². The first-order chi connectivity index (χ1) is 5.52. The summed E-state index contributed by atoms with van der Waals surface area (Å²) in [6.45, 7) is 9.70. The number of carbonyl (C=O) groups is 1. The molecule has 0 radical (unpaired) electrons. The molecule has 0 aliphatic carbocycles. The van der Waals surface area contributed by atoms with Gasteiger partial charge in [0, 0.05) is 13.0 Å². The van der Waals surface area contributed by atoms with Crippen LogP contribution in [0.3, 0.4) is 0 Å². The van der Waals surface area contributed by atoms with Gasteiger partial charge in [-0.1, -0.05) is 20.8 Å². The smallest absolute Gasteiger partial charge is 0.303 e. The number of hydrogen-bond acceptors (Lipinski definition) is 2. The van der Waals surface area contributed by atoms with Crippen molar-refractivity contribution in [1.29, 1.82) is 5.26 Å². The van der Waals surface area contributed by atoms with Gasteiger partial charge >= 0.3 is 5.97 Å². The highest BCUT2D eigenvalue weighted by Gasteiger charge is 2.08. The van der Waals surface area contributed by atoms with E-state index in [4.69, 9.17) is 10.4 Å². The Balaban J connectivity index is 0. The summed E-state index contributed by atoms with van der Waals surface area (Å²) in [5, 5.41) is 14.9. The molecule has 0 bridgehead atoms. The molecule has 70 valence electrons. The number of carboxylic acid groups (broad SMARTS) is 1. The second kappa shape index (κ2) is 8.06. The molecular formula is C9H17NO2. The van der Waals surface area contributed by atoms with Gasteiger partial charge in [-0.05, 0) is 18.3 Å². The van der Waals surface area contributed by atoms with Gasteiger partial charge < -0.3 is 5.11 Å². The maximum atomic E-state index is 10.2. The molecule has 0 aromatic heterocycles. The molecule has 0 saturated carbocycles. The van der Waals surface area contributed by atoms with E-state index >= 15 is 0 Å². The average Bonchev–Trinajstić information content (AvgIpc) is 1.87. The van der Waals surface area contributed by atoms with E-state index in [-0.39, 0.29) is 0 Å². The fraction of sp³-hybridized carbons (Fsp3) is 0.778. The highest BCUT2D eigenvalue weighted by atomic mass is 16.4.